The van der Waals surface area contributed by atoms with Crippen LogP contribution in [-0.4, -0.2) is 41.3 Å². The molecule has 4 rings (SSSR count). The van der Waals surface area contributed by atoms with Gasteiger partial charge in [0.1, 0.15) is 27.3 Å². The number of halogens is 1. The molecule has 0 radical (unpaired) electrons. The van der Waals surface area contributed by atoms with Gasteiger partial charge in [0, 0.05) is 12.0 Å². The number of hydrogen-bond donors (Lipinski definition) is 1. The topological polar surface area (TPSA) is 145 Å². The molecule has 40 heavy (non-hydrogen) atoms. The van der Waals surface area contributed by atoms with E-state index in [-0.39, 0.29) is 29.3 Å². The first kappa shape index (κ1) is 28.8. The van der Waals surface area contributed by atoms with Crippen molar-refractivity contribution < 1.29 is 19.0 Å². The highest BCUT2D eigenvalue weighted by molar-refractivity contribution is 7.21. The largest absolute Gasteiger partial charge is 0.480 e. The minimum Gasteiger partial charge on any atom is -0.480 e. The first-order valence-electron chi connectivity index (χ1n) is 12.6. The van der Waals surface area contributed by atoms with E-state index in [0.717, 1.165) is 15.9 Å². The number of nitrogens with zero attached hydrogens (tertiary/aromatic N) is 6. The Morgan fingerprint density at radius 2 is 1.93 bits per heavy atom. The molecular weight excluding hydrogens is 539 g/mol. The lowest BCUT2D eigenvalue weighted by atomic mass is 9.98. The molecule has 1 aromatic carbocycles. The Bertz CT molecular complexity index is 1730. The summed E-state index contributed by atoms with van der Waals surface area (Å²) < 4.78 is 22.7. The van der Waals surface area contributed by atoms with Crippen molar-refractivity contribution in [2.75, 3.05) is 0 Å². The van der Waals surface area contributed by atoms with E-state index in [1.165, 1.54) is 47.7 Å². The lowest BCUT2D eigenvalue weighted by molar-refractivity contribution is -0.146. The SMILES string of the molecule is Cc1c(-n2nccn2)sc2c1c(=O)n(C(C)(C)C(=O)O)c(=O)n2CC(OC(C)C)c1cc(F)ccc1CCC#N. The van der Waals surface area contributed by atoms with E-state index in [4.69, 9.17) is 10.00 Å². The van der Waals surface area contributed by atoms with Gasteiger partial charge in [-0.3, -0.25) is 9.36 Å². The molecule has 3 heterocycles. The molecule has 0 aliphatic carbocycles. The summed E-state index contributed by atoms with van der Waals surface area (Å²) >= 11 is 1.11. The lowest BCUT2D eigenvalue weighted by Crippen LogP contribution is -2.52. The molecule has 0 spiro atoms. The fourth-order valence-electron chi connectivity index (χ4n) is 4.59. The van der Waals surface area contributed by atoms with Crippen molar-refractivity contribution in [2.24, 2.45) is 0 Å². The number of aryl methyl sites for hydroxylation is 2. The van der Waals surface area contributed by atoms with Crippen LogP contribution < -0.4 is 11.2 Å². The second-order valence-corrected chi connectivity index (χ2v) is 11.1. The smallest absolute Gasteiger partial charge is 0.333 e. The summed E-state index contributed by atoms with van der Waals surface area (Å²) in [5.41, 5.74) is -1.86. The number of benzene rings is 1. The number of rotatable bonds is 10. The van der Waals surface area contributed by atoms with E-state index in [0.29, 0.717) is 28.1 Å². The average Bonchev–Trinajstić information content (AvgIpc) is 3.52. The van der Waals surface area contributed by atoms with E-state index < -0.39 is 34.7 Å². The number of ether oxygens (including phenoxy) is 1. The van der Waals surface area contributed by atoms with Crippen LogP contribution in [0.4, 0.5) is 4.39 Å². The van der Waals surface area contributed by atoms with E-state index in [1.807, 2.05) is 0 Å². The van der Waals surface area contributed by atoms with Crippen LogP contribution in [0, 0.1) is 24.1 Å². The van der Waals surface area contributed by atoms with Crippen LogP contribution in [0.3, 0.4) is 0 Å². The zero-order valence-electron chi connectivity index (χ0n) is 22.7. The average molecular weight is 569 g/mol. The van der Waals surface area contributed by atoms with Crippen LogP contribution in [0.2, 0.25) is 0 Å². The van der Waals surface area contributed by atoms with Crippen molar-refractivity contribution in [3.8, 4) is 11.1 Å². The number of hydrogen-bond acceptors (Lipinski definition) is 8. The molecule has 0 fully saturated rings. The van der Waals surface area contributed by atoms with Crippen molar-refractivity contribution in [1.29, 1.82) is 5.26 Å². The molecule has 4 aromatic rings. The molecule has 0 amide bonds. The van der Waals surface area contributed by atoms with Gasteiger partial charge < -0.3 is 9.84 Å². The third-order valence-electron chi connectivity index (χ3n) is 6.62. The molecule has 1 atom stereocenters. The van der Waals surface area contributed by atoms with Crippen molar-refractivity contribution >= 4 is 27.5 Å². The van der Waals surface area contributed by atoms with Gasteiger partial charge in [0.05, 0.1) is 36.5 Å². The summed E-state index contributed by atoms with van der Waals surface area (Å²) in [5.74, 6) is -1.88. The summed E-state index contributed by atoms with van der Waals surface area (Å²) in [4.78, 5) is 41.5. The Balaban J connectivity index is 2.04. The van der Waals surface area contributed by atoms with E-state index in [1.54, 1.807) is 26.8 Å². The monoisotopic (exact) mass is 568 g/mol. The van der Waals surface area contributed by atoms with Crippen molar-refractivity contribution in [2.45, 2.75) is 71.8 Å². The number of carboxylic acid groups (broad SMARTS) is 1. The maximum Gasteiger partial charge on any atom is 0.333 e. The van der Waals surface area contributed by atoms with Gasteiger partial charge in [-0.05, 0) is 64.3 Å². The fourth-order valence-corrected chi connectivity index (χ4v) is 5.81. The second-order valence-electron chi connectivity index (χ2n) is 10.1. The predicted molar refractivity (Wildman–Crippen MR) is 146 cm³/mol. The van der Waals surface area contributed by atoms with Crippen LogP contribution in [0.5, 0.6) is 0 Å². The number of carbonyl (C=O) groups is 1. The standard InChI is InChI=1S/C27H29FN6O5S/c1-15(2)39-20(19-13-18(28)9-8-17(19)7-6-10-29)14-32-24-21(16(3)23(40-24)34-30-11-12-31-34)22(35)33(26(32)38)27(4,5)25(36)37/h8-9,11-13,15,20H,6-7,14H2,1-5H3,(H,36,37). The van der Waals surface area contributed by atoms with Gasteiger partial charge in [-0.25, -0.2) is 18.5 Å². The van der Waals surface area contributed by atoms with Gasteiger partial charge in [0.15, 0.2) is 0 Å². The summed E-state index contributed by atoms with van der Waals surface area (Å²) in [6.07, 6.45) is 2.28. The van der Waals surface area contributed by atoms with Gasteiger partial charge in [0.2, 0.25) is 0 Å². The zero-order chi connectivity index (χ0) is 29.4. The second kappa shape index (κ2) is 11.1. The van der Waals surface area contributed by atoms with Gasteiger partial charge in [-0.2, -0.15) is 15.5 Å². The number of nitriles is 1. The van der Waals surface area contributed by atoms with Crippen molar-refractivity contribution in [1.82, 2.24) is 24.1 Å². The van der Waals surface area contributed by atoms with Gasteiger partial charge in [0.25, 0.3) is 5.56 Å². The van der Waals surface area contributed by atoms with Gasteiger partial charge >= 0.3 is 11.7 Å². The van der Waals surface area contributed by atoms with Gasteiger partial charge in [-0.1, -0.05) is 17.4 Å². The first-order valence-corrected chi connectivity index (χ1v) is 13.4. The quantitative estimate of drug-likeness (QED) is 0.305. The third kappa shape index (κ3) is 5.20. The van der Waals surface area contributed by atoms with Crippen LogP contribution in [-0.2, 0) is 28.0 Å². The molecule has 11 nitrogen and oxygen atoms in total. The minimum absolute atomic E-state index is 0.151. The molecule has 1 unspecified atom stereocenters. The summed E-state index contributed by atoms with van der Waals surface area (Å²) in [6.45, 7) is 7.68. The normalized spacial score (nSPS) is 12.7. The highest BCUT2D eigenvalue weighted by Crippen LogP contribution is 2.33. The molecule has 0 bridgehead atoms. The number of aromatic nitrogens is 5. The fraction of sp³-hybridized carbons (Fsp3) is 0.407. The molecule has 0 aliphatic rings. The van der Waals surface area contributed by atoms with E-state index in [2.05, 4.69) is 16.3 Å². The van der Waals surface area contributed by atoms with E-state index >= 15 is 0 Å². The molecule has 210 valence electrons. The molecule has 13 heteroatoms. The number of carboxylic acids is 1. The molecular formula is C27H29FN6O5S. The Kier molecular flexibility index (Phi) is 8.04. The molecule has 1 N–H and O–H groups in total. The van der Waals surface area contributed by atoms with Gasteiger partial charge in [-0.15, -0.1) is 4.80 Å². The summed E-state index contributed by atoms with van der Waals surface area (Å²) in [7, 11) is 0. The maximum atomic E-state index is 14.5. The third-order valence-corrected chi connectivity index (χ3v) is 7.90. The highest BCUT2D eigenvalue weighted by Gasteiger charge is 2.36. The van der Waals surface area contributed by atoms with Crippen molar-refractivity contribution in [3.63, 3.8) is 0 Å². The lowest BCUT2D eigenvalue weighted by Gasteiger charge is -2.27. The van der Waals surface area contributed by atoms with Crippen LogP contribution in [0.25, 0.3) is 15.2 Å². The molecule has 3 aromatic heterocycles. The predicted octanol–water partition coefficient (Wildman–Crippen LogP) is 3.70. The van der Waals surface area contributed by atoms with E-state index in [9.17, 15) is 23.9 Å². The Morgan fingerprint density at radius 3 is 2.52 bits per heavy atom. The first-order chi connectivity index (χ1) is 18.9. The Labute approximate surface area is 232 Å². The Morgan fingerprint density at radius 1 is 1.25 bits per heavy atom. The maximum absolute atomic E-state index is 14.5. The number of thiophene rings is 1. The summed E-state index contributed by atoms with van der Waals surface area (Å²) in [6, 6.07) is 6.29. The van der Waals surface area contributed by atoms with Crippen LogP contribution >= 0.6 is 11.3 Å². The Hall–Kier alpha value is -4.15. The molecule has 0 saturated heterocycles. The zero-order valence-corrected chi connectivity index (χ0v) is 23.5. The number of aliphatic carboxylic acids is 1. The van der Waals surface area contributed by atoms with Crippen LogP contribution in [0.1, 0.15) is 56.9 Å². The van der Waals surface area contributed by atoms with Crippen LogP contribution in [0.15, 0.2) is 40.2 Å². The summed E-state index contributed by atoms with van der Waals surface area (Å²) in [5, 5.41) is 28.0. The molecule has 0 saturated carbocycles. The highest BCUT2D eigenvalue weighted by atomic mass is 32.1. The number of fused-ring (bicyclic) bond motifs is 1. The van der Waals surface area contributed by atoms with Crippen molar-refractivity contribution in [3.05, 3.63) is 73.9 Å². The molecule has 0 aliphatic heterocycles. The minimum atomic E-state index is -1.88.